The highest BCUT2D eigenvalue weighted by Crippen LogP contribution is 2.31. The molecule has 0 unspecified atom stereocenters. The zero-order valence-electron chi connectivity index (χ0n) is 15.9. The van der Waals surface area contributed by atoms with Crippen molar-refractivity contribution in [1.82, 2.24) is 19.3 Å². The van der Waals surface area contributed by atoms with Crippen molar-refractivity contribution in [3.63, 3.8) is 0 Å². The van der Waals surface area contributed by atoms with Gasteiger partial charge in [-0.05, 0) is 25.0 Å². The highest BCUT2D eigenvalue weighted by atomic mass is 19.4. The van der Waals surface area contributed by atoms with Gasteiger partial charge in [-0.25, -0.2) is 0 Å². The molecule has 0 radical (unpaired) electrons. The van der Waals surface area contributed by atoms with Gasteiger partial charge in [-0.15, -0.1) is 0 Å². The van der Waals surface area contributed by atoms with E-state index in [1.54, 1.807) is 6.20 Å². The summed E-state index contributed by atoms with van der Waals surface area (Å²) in [7, 11) is 0. The van der Waals surface area contributed by atoms with Crippen LogP contribution in [0.1, 0.15) is 49.6 Å². The monoisotopic (exact) mass is 420 g/mol. The summed E-state index contributed by atoms with van der Waals surface area (Å²) in [6.45, 7) is -0.147. The van der Waals surface area contributed by atoms with Gasteiger partial charge in [0, 0.05) is 24.0 Å². The zero-order chi connectivity index (χ0) is 21.3. The fourth-order valence-corrected chi connectivity index (χ4v) is 3.71. The first-order valence-electron chi connectivity index (χ1n) is 9.65. The van der Waals surface area contributed by atoms with E-state index in [9.17, 15) is 22.8 Å². The van der Waals surface area contributed by atoms with Crippen LogP contribution in [0.3, 0.4) is 0 Å². The number of alkyl halides is 3. The standard InChI is InChI=1S/C20H19F3N4O3/c21-20(22,23)14-6-4-5-13(11-14)17-24-16(30-25-17)12-26-9-10-27(19(29)18(26)28)15-7-2-1-3-8-15/h4-6,9-11,15H,1-3,7-8,12H2. The molecule has 0 bridgehead atoms. The van der Waals surface area contributed by atoms with Crippen molar-refractivity contribution in [3.8, 4) is 11.4 Å². The third-order valence-corrected chi connectivity index (χ3v) is 5.28. The van der Waals surface area contributed by atoms with Gasteiger partial charge in [0.2, 0.25) is 11.7 Å². The normalized spacial score (nSPS) is 15.4. The lowest BCUT2D eigenvalue weighted by atomic mass is 9.95. The number of hydrogen-bond donors (Lipinski definition) is 0. The minimum Gasteiger partial charge on any atom is -0.337 e. The van der Waals surface area contributed by atoms with Gasteiger partial charge in [0.15, 0.2) is 0 Å². The second kappa shape index (κ2) is 7.92. The Kier molecular flexibility index (Phi) is 5.31. The Morgan fingerprint density at radius 3 is 2.57 bits per heavy atom. The second-order valence-electron chi connectivity index (χ2n) is 7.33. The SMILES string of the molecule is O=c1c(=O)n(C2CCCCC2)ccn1Cc1nc(-c2cccc(C(F)(F)F)c2)no1. The molecule has 2 heterocycles. The molecular weight excluding hydrogens is 401 g/mol. The second-order valence-corrected chi connectivity index (χ2v) is 7.33. The molecule has 0 N–H and O–H groups in total. The Bertz CT molecular complexity index is 1160. The molecule has 0 amide bonds. The molecule has 4 rings (SSSR count). The zero-order valence-corrected chi connectivity index (χ0v) is 15.9. The van der Waals surface area contributed by atoms with Crippen molar-refractivity contribution in [1.29, 1.82) is 0 Å². The van der Waals surface area contributed by atoms with Gasteiger partial charge in [-0.3, -0.25) is 14.2 Å². The molecule has 1 fully saturated rings. The summed E-state index contributed by atoms with van der Waals surface area (Å²) in [5.74, 6) is -0.0148. The third-order valence-electron chi connectivity index (χ3n) is 5.28. The van der Waals surface area contributed by atoms with Crippen LogP contribution in [0.5, 0.6) is 0 Å². The minimum absolute atomic E-state index is 0.0133. The summed E-state index contributed by atoms with van der Waals surface area (Å²) in [5, 5.41) is 3.70. The maximum atomic E-state index is 12.9. The highest BCUT2D eigenvalue weighted by molar-refractivity contribution is 5.55. The summed E-state index contributed by atoms with van der Waals surface area (Å²) in [6.07, 6.45) is 3.52. The quantitative estimate of drug-likeness (QED) is 0.602. The van der Waals surface area contributed by atoms with Crippen molar-refractivity contribution < 1.29 is 17.7 Å². The fourth-order valence-electron chi connectivity index (χ4n) is 3.71. The number of nitrogens with zero attached hydrogens (tertiary/aromatic N) is 4. The molecule has 1 saturated carbocycles. The van der Waals surface area contributed by atoms with E-state index in [4.69, 9.17) is 4.52 Å². The Balaban J connectivity index is 1.56. The summed E-state index contributed by atoms with van der Waals surface area (Å²) < 4.78 is 46.4. The van der Waals surface area contributed by atoms with Crippen molar-refractivity contribution in [2.24, 2.45) is 0 Å². The van der Waals surface area contributed by atoms with E-state index in [1.807, 2.05) is 0 Å². The number of hydrogen-bond acceptors (Lipinski definition) is 5. The van der Waals surface area contributed by atoms with Crippen LogP contribution in [0.25, 0.3) is 11.4 Å². The Morgan fingerprint density at radius 2 is 1.83 bits per heavy atom. The molecule has 0 aliphatic heterocycles. The average Bonchev–Trinajstić information content (AvgIpc) is 3.20. The van der Waals surface area contributed by atoms with E-state index in [0.29, 0.717) is 0 Å². The highest BCUT2D eigenvalue weighted by Gasteiger charge is 2.30. The summed E-state index contributed by atoms with van der Waals surface area (Å²) in [4.78, 5) is 29.0. The number of halogens is 3. The van der Waals surface area contributed by atoms with E-state index in [0.717, 1.165) is 48.8 Å². The predicted molar refractivity (Wildman–Crippen MR) is 101 cm³/mol. The van der Waals surface area contributed by atoms with Crippen LogP contribution in [-0.4, -0.2) is 19.3 Å². The van der Waals surface area contributed by atoms with Crippen LogP contribution in [-0.2, 0) is 12.7 Å². The molecular formula is C20H19F3N4O3. The largest absolute Gasteiger partial charge is 0.416 e. The van der Waals surface area contributed by atoms with Gasteiger partial charge in [0.25, 0.3) is 0 Å². The maximum Gasteiger partial charge on any atom is 0.416 e. The van der Waals surface area contributed by atoms with Crippen molar-refractivity contribution in [2.75, 3.05) is 0 Å². The Labute approximate surface area is 168 Å². The number of rotatable bonds is 4. The first kappa shape index (κ1) is 20.1. The molecule has 2 aromatic heterocycles. The Morgan fingerprint density at radius 1 is 1.07 bits per heavy atom. The van der Waals surface area contributed by atoms with Crippen LogP contribution in [0.2, 0.25) is 0 Å². The van der Waals surface area contributed by atoms with Crippen LogP contribution in [0.15, 0.2) is 50.8 Å². The molecule has 1 aliphatic carbocycles. The molecule has 158 valence electrons. The lowest BCUT2D eigenvalue weighted by molar-refractivity contribution is -0.137. The van der Waals surface area contributed by atoms with Crippen molar-refractivity contribution >= 4 is 0 Å². The fraction of sp³-hybridized carbons (Fsp3) is 0.400. The van der Waals surface area contributed by atoms with E-state index >= 15 is 0 Å². The van der Waals surface area contributed by atoms with Gasteiger partial charge in [-0.1, -0.05) is 36.6 Å². The maximum absolute atomic E-state index is 12.9. The first-order valence-corrected chi connectivity index (χ1v) is 9.65. The average molecular weight is 420 g/mol. The van der Waals surface area contributed by atoms with Gasteiger partial charge < -0.3 is 9.09 Å². The van der Waals surface area contributed by atoms with Crippen molar-refractivity contribution in [3.05, 3.63) is 68.8 Å². The van der Waals surface area contributed by atoms with Crippen LogP contribution in [0, 0.1) is 0 Å². The van der Waals surface area contributed by atoms with Gasteiger partial charge in [-0.2, -0.15) is 18.2 Å². The van der Waals surface area contributed by atoms with E-state index < -0.39 is 22.9 Å². The van der Waals surface area contributed by atoms with Gasteiger partial charge in [0.1, 0.15) is 6.54 Å². The van der Waals surface area contributed by atoms with E-state index in [1.165, 1.54) is 22.9 Å². The van der Waals surface area contributed by atoms with Crippen molar-refractivity contribution in [2.45, 2.75) is 50.9 Å². The number of aromatic nitrogens is 4. The predicted octanol–water partition coefficient (Wildman–Crippen LogP) is 3.63. The first-order chi connectivity index (χ1) is 14.3. The minimum atomic E-state index is -4.49. The Hall–Kier alpha value is -3.17. The molecule has 30 heavy (non-hydrogen) atoms. The van der Waals surface area contributed by atoms with Crippen LogP contribution in [0.4, 0.5) is 13.2 Å². The lowest BCUT2D eigenvalue weighted by Gasteiger charge is -2.23. The molecule has 10 heteroatoms. The number of benzene rings is 1. The smallest absolute Gasteiger partial charge is 0.337 e. The summed E-state index contributed by atoms with van der Waals surface area (Å²) in [5.41, 5.74) is -2.00. The summed E-state index contributed by atoms with van der Waals surface area (Å²) >= 11 is 0. The van der Waals surface area contributed by atoms with E-state index in [2.05, 4.69) is 10.1 Å². The van der Waals surface area contributed by atoms with E-state index in [-0.39, 0.29) is 29.9 Å². The summed E-state index contributed by atoms with van der Waals surface area (Å²) in [6, 6.07) is 4.59. The molecule has 1 aromatic carbocycles. The molecule has 3 aromatic rings. The molecule has 7 nitrogen and oxygen atoms in total. The molecule has 1 aliphatic rings. The molecule has 0 saturated heterocycles. The topological polar surface area (TPSA) is 82.9 Å². The van der Waals surface area contributed by atoms with Crippen LogP contribution < -0.4 is 11.1 Å². The lowest BCUT2D eigenvalue weighted by Crippen LogP contribution is -2.42. The third kappa shape index (κ3) is 4.07. The van der Waals surface area contributed by atoms with Gasteiger partial charge >= 0.3 is 17.3 Å². The molecule has 0 spiro atoms. The van der Waals surface area contributed by atoms with Gasteiger partial charge in [0.05, 0.1) is 5.56 Å². The van der Waals surface area contributed by atoms with Crippen LogP contribution >= 0.6 is 0 Å². The molecule has 0 atom stereocenters.